The van der Waals surface area contributed by atoms with Crippen molar-refractivity contribution < 1.29 is 0 Å². The molecule has 0 bridgehead atoms. The summed E-state index contributed by atoms with van der Waals surface area (Å²) in [6.45, 7) is 9.23. The Hall–Kier alpha value is -0.780. The molecule has 0 fully saturated rings. The summed E-state index contributed by atoms with van der Waals surface area (Å²) >= 11 is 0. The minimum absolute atomic E-state index is 0.767. The molecule has 1 aromatic carbocycles. The standard InChI is InChI=1S/C15H22/c1-10(2)7-13-9-12(4)15-8-11(3)5-6-14(13)15/h5-6,8,10,12-13H,7,9H2,1-4H3. The van der Waals surface area contributed by atoms with Gasteiger partial charge in [-0.15, -0.1) is 0 Å². The van der Waals surface area contributed by atoms with Crippen LogP contribution in [0.5, 0.6) is 0 Å². The fraction of sp³-hybridized carbons (Fsp3) is 0.600. The van der Waals surface area contributed by atoms with Gasteiger partial charge in [0.1, 0.15) is 0 Å². The van der Waals surface area contributed by atoms with Gasteiger partial charge in [0.15, 0.2) is 0 Å². The van der Waals surface area contributed by atoms with E-state index in [4.69, 9.17) is 0 Å². The first-order valence-electron chi connectivity index (χ1n) is 6.18. The molecule has 0 spiro atoms. The Kier molecular flexibility index (Phi) is 2.86. The second-order valence-corrected chi connectivity index (χ2v) is 5.60. The maximum absolute atomic E-state index is 2.39. The predicted octanol–water partition coefficient (Wildman–Crippen LogP) is 4.63. The minimum Gasteiger partial charge on any atom is -0.0628 e. The molecule has 2 unspecified atom stereocenters. The van der Waals surface area contributed by atoms with Gasteiger partial charge in [-0.05, 0) is 48.6 Å². The third-order valence-electron chi connectivity index (χ3n) is 3.61. The molecule has 1 aromatic rings. The predicted molar refractivity (Wildman–Crippen MR) is 66.4 cm³/mol. The summed E-state index contributed by atoms with van der Waals surface area (Å²) in [6.07, 6.45) is 2.71. The van der Waals surface area contributed by atoms with E-state index in [1.165, 1.54) is 18.4 Å². The van der Waals surface area contributed by atoms with E-state index in [0.717, 1.165) is 17.8 Å². The van der Waals surface area contributed by atoms with Crippen molar-refractivity contribution in [2.24, 2.45) is 5.92 Å². The van der Waals surface area contributed by atoms with Gasteiger partial charge in [0.2, 0.25) is 0 Å². The molecular weight excluding hydrogens is 180 g/mol. The maximum atomic E-state index is 2.39. The van der Waals surface area contributed by atoms with E-state index < -0.39 is 0 Å². The first-order chi connectivity index (χ1) is 7.08. The van der Waals surface area contributed by atoms with Crippen molar-refractivity contribution in [3.63, 3.8) is 0 Å². The van der Waals surface area contributed by atoms with Crippen LogP contribution in [0.15, 0.2) is 18.2 Å². The summed E-state index contributed by atoms with van der Waals surface area (Å²) in [6, 6.07) is 7.02. The Morgan fingerprint density at radius 2 is 2.00 bits per heavy atom. The summed E-state index contributed by atoms with van der Waals surface area (Å²) in [5.41, 5.74) is 4.65. The number of benzene rings is 1. The smallest absolute Gasteiger partial charge is 0.0151 e. The fourth-order valence-electron chi connectivity index (χ4n) is 2.97. The van der Waals surface area contributed by atoms with E-state index in [-0.39, 0.29) is 0 Å². The summed E-state index contributed by atoms with van der Waals surface area (Å²) in [5.74, 6) is 2.40. The van der Waals surface area contributed by atoms with Crippen molar-refractivity contribution in [2.75, 3.05) is 0 Å². The molecule has 1 aliphatic carbocycles. The molecule has 15 heavy (non-hydrogen) atoms. The monoisotopic (exact) mass is 202 g/mol. The molecule has 2 rings (SSSR count). The molecule has 0 aromatic heterocycles. The lowest BCUT2D eigenvalue weighted by atomic mass is 9.91. The van der Waals surface area contributed by atoms with Crippen LogP contribution in [0, 0.1) is 12.8 Å². The van der Waals surface area contributed by atoms with E-state index in [1.54, 1.807) is 11.1 Å². The molecule has 0 amide bonds. The minimum atomic E-state index is 0.767. The van der Waals surface area contributed by atoms with Crippen LogP contribution in [0.25, 0.3) is 0 Å². The van der Waals surface area contributed by atoms with Crippen LogP contribution in [-0.2, 0) is 0 Å². The van der Waals surface area contributed by atoms with Crippen molar-refractivity contribution in [3.05, 3.63) is 34.9 Å². The maximum Gasteiger partial charge on any atom is -0.0151 e. The highest BCUT2D eigenvalue weighted by Gasteiger charge is 2.28. The molecule has 0 nitrogen and oxygen atoms in total. The van der Waals surface area contributed by atoms with Crippen LogP contribution >= 0.6 is 0 Å². The van der Waals surface area contributed by atoms with Crippen LogP contribution < -0.4 is 0 Å². The first-order valence-corrected chi connectivity index (χ1v) is 6.18. The van der Waals surface area contributed by atoms with Crippen LogP contribution in [-0.4, -0.2) is 0 Å². The summed E-state index contributed by atoms with van der Waals surface area (Å²) < 4.78 is 0. The Bertz CT molecular complexity index is 349. The molecule has 0 saturated heterocycles. The quantitative estimate of drug-likeness (QED) is 0.656. The van der Waals surface area contributed by atoms with E-state index in [2.05, 4.69) is 45.9 Å². The van der Waals surface area contributed by atoms with Crippen LogP contribution in [0.2, 0.25) is 0 Å². The van der Waals surface area contributed by atoms with Gasteiger partial charge in [-0.3, -0.25) is 0 Å². The lowest BCUT2D eigenvalue weighted by molar-refractivity contribution is 0.481. The van der Waals surface area contributed by atoms with Crippen molar-refractivity contribution in [1.82, 2.24) is 0 Å². The van der Waals surface area contributed by atoms with Gasteiger partial charge in [-0.1, -0.05) is 44.5 Å². The molecular formula is C15H22. The molecule has 0 N–H and O–H groups in total. The summed E-state index contributed by atoms with van der Waals surface area (Å²) in [4.78, 5) is 0. The Morgan fingerprint density at radius 1 is 1.27 bits per heavy atom. The van der Waals surface area contributed by atoms with E-state index in [9.17, 15) is 0 Å². The summed E-state index contributed by atoms with van der Waals surface area (Å²) in [7, 11) is 0. The second kappa shape index (κ2) is 4.00. The van der Waals surface area contributed by atoms with E-state index in [1.807, 2.05) is 0 Å². The lowest BCUT2D eigenvalue weighted by Crippen LogP contribution is -1.98. The van der Waals surface area contributed by atoms with Gasteiger partial charge in [-0.25, -0.2) is 0 Å². The third kappa shape index (κ3) is 2.09. The molecule has 0 radical (unpaired) electrons. The molecule has 0 heterocycles. The fourth-order valence-corrected chi connectivity index (χ4v) is 2.97. The van der Waals surface area contributed by atoms with Gasteiger partial charge in [0.05, 0.1) is 0 Å². The van der Waals surface area contributed by atoms with E-state index in [0.29, 0.717) is 0 Å². The van der Waals surface area contributed by atoms with E-state index >= 15 is 0 Å². The van der Waals surface area contributed by atoms with Gasteiger partial charge < -0.3 is 0 Å². The highest BCUT2D eigenvalue weighted by Crippen LogP contribution is 2.44. The van der Waals surface area contributed by atoms with Crippen molar-refractivity contribution >= 4 is 0 Å². The van der Waals surface area contributed by atoms with Gasteiger partial charge in [0, 0.05) is 0 Å². The molecule has 0 saturated carbocycles. The van der Waals surface area contributed by atoms with Crippen molar-refractivity contribution in [1.29, 1.82) is 0 Å². The normalized spacial score (nSPS) is 24.6. The van der Waals surface area contributed by atoms with Gasteiger partial charge in [0.25, 0.3) is 0 Å². The van der Waals surface area contributed by atoms with Crippen molar-refractivity contribution in [2.45, 2.75) is 52.4 Å². The number of hydrogen-bond acceptors (Lipinski definition) is 0. The number of aryl methyl sites for hydroxylation is 1. The number of fused-ring (bicyclic) bond motifs is 1. The summed E-state index contributed by atoms with van der Waals surface area (Å²) in [5, 5.41) is 0. The lowest BCUT2D eigenvalue weighted by Gasteiger charge is -2.14. The zero-order valence-electron chi connectivity index (χ0n) is 10.4. The molecule has 0 aliphatic heterocycles. The van der Waals surface area contributed by atoms with Gasteiger partial charge in [-0.2, -0.15) is 0 Å². The van der Waals surface area contributed by atoms with Crippen LogP contribution in [0.4, 0.5) is 0 Å². The van der Waals surface area contributed by atoms with Crippen molar-refractivity contribution in [3.8, 4) is 0 Å². The zero-order chi connectivity index (χ0) is 11.0. The Balaban J connectivity index is 2.30. The Labute approximate surface area is 93.7 Å². The number of hydrogen-bond donors (Lipinski definition) is 0. The highest BCUT2D eigenvalue weighted by molar-refractivity contribution is 5.40. The largest absolute Gasteiger partial charge is 0.0628 e. The molecule has 1 aliphatic rings. The molecule has 82 valence electrons. The third-order valence-corrected chi connectivity index (χ3v) is 3.61. The SMILES string of the molecule is Cc1ccc2c(c1)C(C)CC2CC(C)C. The molecule has 0 heteroatoms. The number of rotatable bonds is 2. The van der Waals surface area contributed by atoms with Gasteiger partial charge >= 0.3 is 0 Å². The average molecular weight is 202 g/mol. The van der Waals surface area contributed by atoms with Crippen LogP contribution in [0.1, 0.15) is 62.1 Å². The Morgan fingerprint density at radius 3 is 2.67 bits per heavy atom. The van der Waals surface area contributed by atoms with Crippen LogP contribution in [0.3, 0.4) is 0 Å². The average Bonchev–Trinajstić information content (AvgIpc) is 2.42. The highest BCUT2D eigenvalue weighted by atomic mass is 14.3. The molecule has 2 atom stereocenters. The first kappa shape index (κ1) is 10.7. The zero-order valence-corrected chi connectivity index (χ0v) is 10.4. The topological polar surface area (TPSA) is 0 Å². The second-order valence-electron chi connectivity index (χ2n) is 5.60.